The molecule has 1 aliphatic rings. The number of nitrogens with zero attached hydrogens (tertiary/aromatic N) is 1. The number of likely N-dealkylation sites (tertiary alicyclic amines) is 1. The van der Waals surface area contributed by atoms with Crippen molar-refractivity contribution in [2.45, 2.75) is 44.0 Å². The summed E-state index contributed by atoms with van der Waals surface area (Å²) in [6, 6.07) is 14.6. The second-order valence-electron chi connectivity index (χ2n) is 9.65. The summed E-state index contributed by atoms with van der Waals surface area (Å²) in [7, 11) is 0. The zero-order chi connectivity index (χ0) is 27.3. The summed E-state index contributed by atoms with van der Waals surface area (Å²) in [5, 5.41) is 14.1. The van der Waals surface area contributed by atoms with Gasteiger partial charge in [0.15, 0.2) is 5.78 Å². The highest BCUT2D eigenvalue weighted by Gasteiger charge is 2.37. The standard InChI is InChI=1S/C29H29F5N2O2/c30-23-8-6-20(7-9-23)19-35-26-18-24(31)10-11-25(26)27(37)5-2-14-36-15-12-28(38,13-16-36)21-3-1-4-22(17-21)29(32,33)34/h1,3-4,6-11,17-18,35,38H,2,5,12-16,19H2. The predicted octanol–water partition coefficient (Wildman–Crippen LogP) is 6.54. The maximum atomic E-state index is 13.9. The van der Waals surface area contributed by atoms with Crippen LogP contribution in [0.15, 0.2) is 66.7 Å². The average molecular weight is 533 g/mol. The van der Waals surface area contributed by atoms with E-state index in [2.05, 4.69) is 10.2 Å². The minimum absolute atomic E-state index is 0.149. The fourth-order valence-corrected chi connectivity index (χ4v) is 4.72. The molecule has 202 valence electrons. The molecule has 9 heteroatoms. The van der Waals surface area contributed by atoms with E-state index in [0.29, 0.717) is 43.9 Å². The normalized spacial score (nSPS) is 15.8. The third kappa shape index (κ3) is 6.96. The van der Waals surface area contributed by atoms with E-state index in [4.69, 9.17) is 0 Å². The van der Waals surface area contributed by atoms with Gasteiger partial charge in [0.1, 0.15) is 11.6 Å². The fraction of sp³-hybridized carbons (Fsp3) is 0.345. The Balaban J connectivity index is 1.29. The van der Waals surface area contributed by atoms with Gasteiger partial charge in [-0.25, -0.2) is 8.78 Å². The highest BCUT2D eigenvalue weighted by molar-refractivity contribution is 6.01. The van der Waals surface area contributed by atoms with Crippen LogP contribution in [0, 0.1) is 11.6 Å². The zero-order valence-electron chi connectivity index (χ0n) is 20.7. The summed E-state index contributed by atoms with van der Waals surface area (Å²) < 4.78 is 66.2. The Hall–Kier alpha value is -3.30. The SMILES string of the molecule is O=C(CCCN1CCC(O)(c2cccc(C(F)(F)F)c2)CC1)c1ccc(F)cc1NCc1ccc(F)cc1. The van der Waals surface area contributed by atoms with Crippen molar-refractivity contribution < 1.29 is 31.9 Å². The molecule has 1 saturated heterocycles. The molecular weight excluding hydrogens is 503 g/mol. The van der Waals surface area contributed by atoms with Gasteiger partial charge in [0.25, 0.3) is 0 Å². The molecule has 0 spiro atoms. The Bertz CT molecular complexity index is 1250. The second kappa shape index (κ2) is 11.6. The molecule has 0 aromatic heterocycles. The Labute approximate surface area is 218 Å². The molecule has 4 rings (SSSR count). The van der Waals surface area contributed by atoms with Gasteiger partial charge in [-0.2, -0.15) is 13.2 Å². The van der Waals surface area contributed by atoms with Crippen LogP contribution in [-0.2, 0) is 18.3 Å². The molecule has 1 aliphatic heterocycles. The molecule has 3 aromatic carbocycles. The number of piperidine rings is 1. The number of hydrogen-bond donors (Lipinski definition) is 2. The minimum Gasteiger partial charge on any atom is -0.385 e. The smallest absolute Gasteiger partial charge is 0.385 e. The van der Waals surface area contributed by atoms with Gasteiger partial charge in [-0.05, 0) is 79.4 Å². The van der Waals surface area contributed by atoms with E-state index < -0.39 is 23.2 Å². The van der Waals surface area contributed by atoms with Crippen LogP contribution >= 0.6 is 0 Å². The van der Waals surface area contributed by atoms with Crippen LogP contribution < -0.4 is 5.32 Å². The molecular formula is C29H29F5N2O2. The molecule has 38 heavy (non-hydrogen) atoms. The molecule has 4 nitrogen and oxygen atoms in total. The first-order chi connectivity index (χ1) is 18.0. The van der Waals surface area contributed by atoms with Gasteiger partial charge >= 0.3 is 6.18 Å². The number of nitrogens with one attached hydrogen (secondary N) is 1. The van der Waals surface area contributed by atoms with Gasteiger partial charge in [-0.15, -0.1) is 0 Å². The van der Waals surface area contributed by atoms with Crippen molar-refractivity contribution in [2.75, 3.05) is 25.0 Å². The summed E-state index contributed by atoms with van der Waals surface area (Å²) in [6.07, 6.45) is -3.13. The van der Waals surface area contributed by atoms with Gasteiger partial charge in [-0.3, -0.25) is 4.79 Å². The third-order valence-electron chi connectivity index (χ3n) is 6.97. The van der Waals surface area contributed by atoms with Crippen molar-refractivity contribution >= 4 is 11.5 Å². The highest BCUT2D eigenvalue weighted by atomic mass is 19.4. The summed E-state index contributed by atoms with van der Waals surface area (Å²) in [5.41, 5.74) is -0.332. The number of halogens is 5. The topological polar surface area (TPSA) is 52.6 Å². The number of ketones is 1. The Morgan fingerprint density at radius 2 is 1.63 bits per heavy atom. The van der Waals surface area contributed by atoms with Crippen LogP contribution in [0.1, 0.15) is 52.7 Å². The molecule has 0 saturated carbocycles. The Kier molecular flexibility index (Phi) is 8.47. The highest BCUT2D eigenvalue weighted by Crippen LogP contribution is 2.36. The van der Waals surface area contributed by atoms with Crippen LogP contribution in [0.2, 0.25) is 0 Å². The number of rotatable bonds is 9. The summed E-state index contributed by atoms with van der Waals surface area (Å²) in [6.45, 7) is 1.86. The quantitative estimate of drug-likeness (QED) is 0.243. The fourth-order valence-electron chi connectivity index (χ4n) is 4.72. The molecule has 2 N–H and O–H groups in total. The lowest BCUT2D eigenvalue weighted by atomic mass is 9.83. The van der Waals surface area contributed by atoms with Crippen LogP contribution in [-0.4, -0.2) is 35.4 Å². The van der Waals surface area contributed by atoms with E-state index >= 15 is 0 Å². The number of hydrogen-bond acceptors (Lipinski definition) is 4. The molecule has 0 amide bonds. The van der Waals surface area contributed by atoms with E-state index in [1.807, 2.05) is 0 Å². The van der Waals surface area contributed by atoms with Crippen molar-refractivity contribution in [3.8, 4) is 0 Å². The van der Waals surface area contributed by atoms with Crippen LogP contribution in [0.3, 0.4) is 0 Å². The van der Waals surface area contributed by atoms with Crippen LogP contribution in [0.4, 0.5) is 27.6 Å². The molecule has 0 aliphatic carbocycles. The van der Waals surface area contributed by atoms with Gasteiger partial charge < -0.3 is 15.3 Å². The number of alkyl halides is 3. The first kappa shape index (κ1) is 27.7. The maximum absolute atomic E-state index is 13.9. The van der Waals surface area contributed by atoms with E-state index in [1.165, 1.54) is 42.5 Å². The molecule has 0 bridgehead atoms. The van der Waals surface area contributed by atoms with Gasteiger partial charge in [-0.1, -0.05) is 24.3 Å². The van der Waals surface area contributed by atoms with E-state index in [-0.39, 0.29) is 36.4 Å². The number of carbonyl (C=O) groups excluding carboxylic acids is 1. The molecule has 0 unspecified atom stereocenters. The van der Waals surface area contributed by atoms with E-state index in [1.54, 1.807) is 12.1 Å². The number of aliphatic hydroxyl groups is 1. The lowest BCUT2D eigenvalue weighted by Gasteiger charge is -2.38. The molecule has 0 radical (unpaired) electrons. The minimum atomic E-state index is -4.47. The number of benzene rings is 3. The summed E-state index contributed by atoms with van der Waals surface area (Å²) in [5.74, 6) is -0.988. The van der Waals surface area contributed by atoms with E-state index in [0.717, 1.165) is 17.7 Å². The first-order valence-electron chi connectivity index (χ1n) is 12.5. The molecule has 0 atom stereocenters. The van der Waals surface area contributed by atoms with Crippen molar-refractivity contribution in [3.05, 3.63) is 101 Å². The molecule has 3 aromatic rings. The number of Topliss-reactive ketones (excluding diaryl/α,β-unsaturated/α-hetero) is 1. The van der Waals surface area contributed by atoms with Crippen LogP contribution in [0.5, 0.6) is 0 Å². The lowest BCUT2D eigenvalue weighted by molar-refractivity contribution is -0.137. The Morgan fingerprint density at radius 1 is 0.947 bits per heavy atom. The molecule has 1 fully saturated rings. The number of carbonyl (C=O) groups is 1. The average Bonchev–Trinajstić information content (AvgIpc) is 2.89. The van der Waals surface area contributed by atoms with Gasteiger partial charge in [0.2, 0.25) is 0 Å². The van der Waals surface area contributed by atoms with Crippen molar-refractivity contribution in [1.29, 1.82) is 0 Å². The zero-order valence-corrected chi connectivity index (χ0v) is 20.7. The second-order valence-corrected chi connectivity index (χ2v) is 9.65. The number of anilines is 1. The largest absolute Gasteiger partial charge is 0.416 e. The predicted molar refractivity (Wildman–Crippen MR) is 135 cm³/mol. The van der Waals surface area contributed by atoms with Gasteiger partial charge in [0.05, 0.1) is 11.2 Å². The van der Waals surface area contributed by atoms with Crippen molar-refractivity contribution in [3.63, 3.8) is 0 Å². The maximum Gasteiger partial charge on any atom is 0.416 e. The molecule has 1 heterocycles. The summed E-state index contributed by atoms with van der Waals surface area (Å²) >= 11 is 0. The van der Waals surface area contributed by atoms with Crippen molar-refractivity contribution in [1.82, 2.24) is 4.90 Å². The first-order valence-corrected chi connectivity index (χ1v) is 12.5. The third-order valence-corrected chi connectivity index (χ3v) is 6.97. The lowest BCUT2D eigenvalue weighted by Crippen LogP contribution is -2.43. The van der Waals surface area contributed by atoms with Gasteiger partial charge in [0, 0.05) is 37.3 Å². The Morgan fingerprint density at radius 3 is 2.32 bits per heavy atom. The summed E-state index contributed by atoms with van der Waals surface area (Å²) in [4.78, 5) is 15.0. The van der Waals surface area contributed by atoms with Crippen molar-refractivity contribution in [2.24, 2.45) is 0 Å². The monoisotopic (exact) mass is 532 g/mol. The van der Waals surface area contributed by atoms with E-state index in [9.17, 15) is 31.9 Å². The van der Waals surface area contributed by atoms with Crippen LogP contribution in [0.25, 0.3) is 0 Å².